The van der Waals surface area contributed by atoms with E-state index in [-0.39, 0.29) is 12.5 Å². The first-order chi connectivity index (χ1) is 18.6. The first kappa shape index (κ1) is 30.5. The molecular formula is C30H36Cl4N2O3. The summed E-state index contributed by atoms with van der Waals surface area (Å²) in [5, 5.41) is 14.7. The SMILES string of the molecule is C[C@](CCCC1CCC(N2CCCC2=O)CC1)(C(=O)N[C@H](CO)c1ccc(Cl)c(Cl)c1)c1ccc(Cl)c(Cl)c1. The smallest absolute Gasteiger partial charge is 0.230 e. The van der Waals surface area contributed by atoms with E-state index in [9.17, 15) is 14.7 Å². The van der Waals surface area contributed by atoms with Crippen LogP contribution >= 0.6 is 46.4 Å². The lowest BCUT2D eigenvalue weighted by Gasteiger charge is -2.35. The van der Waals surface area contributed by atoms with Gasteiger partial charge >= 0.3 is 0 Å². The van der Waals surface area contributed by atoms with Gasteiger partial charge in [0.15, 0.2) is 0 Å². The van der Waals surface area contributed by atoms with Gasteiger partial charge in [-0.05, 0) is 86.8 Å². The van der Waals surface area contributed by atoms with Crippen molar-refractivity contribution in [3.63, 3.8) is 0 Å². The standard InChI is InChI=1S/C30H36Cl4N2O3/c1-30(21-9-13-24(32)26(34)17-21,29(39)35-27(18-37)20-8-12-23(31)25(33)16-20)14-2-4-19-6-10-22(11-7-19)36-15-3-5-28(36)38/h8-9,12-13,16-17,19,22,27,37H,2-7,10-11,14-15,18H2,1H3,(H,35,39)/t19?,22?,27-,30-/m1/s1. The molecule has 0 aromatic heterocycles. The number of carbonyl (C=O) groups excluding carboxylic acids is 2. The Balaban J connectivity index is 1.44. The van der Waals surface area contributed by atoms with Crippen LogP contribution in [-0.4, -0.2) is 41.0 Å². The van der Waals surface area contributed by atoms with Crippen LogP contribution in [0.2, 0.25) is 20.1 Å². The van der Waals surface area contributed by atoms with E-state index in [1.165, 1.54) is 0 Å². The van der Waals surface area contributed by atoms with Gasteiger partial charge in [0.1, 0.15) is 0 Å². The molecule has 1 heterocycles. The second-order valence-electron chi connectivity index (χ2n) is 11.1. The Morgan fingerprint density at radius 1 is 1.03 bits per heavy atom. The van der Waals surface area contributed by atoms with Gasteiger partial charge in [0.05, 0.1) is 38.2 Å². The van der Waals surface area contributed by atoms with Crippen molar-refractivity contribution in [2.45, 2.75) is 82.2 Å². The molecule has 9 heteroatoms. The summed E-state index contributed by atoms with van der Waals surface area (Å²) < 4.78 is 0. The maximum atomic E-state index is 13.9. The third-order valence-corrected chi connectivity index (χ3v) is 10.0. The number of halogens is 4. The number of hydrogen-bond donors (Lipinski definition) is 2. The second kappa shape index (κ2) is 13.4. The van der Waals surface area contributed by atoms with Crippen molar-refractivity contribution in [2.24, 2.45) is 5.92 Å². The topological polar surface area (TPSA) is 69.6 Å². The Kier molecular flexibility index (Phi) is 10.5. The molecule has 2 aromatic rings. The molecule has 0 radical (unpaired) electrons. The molecule has 2 amide bonds. The first-order valence-corrected chi connectivity index (χ1v) is 15.3. The Bertz CT molecular complexity index is 1180. The van der Waals surface area contributed by atoms with Crippen LogP contribution < -0.4 is 5.32 Å². The first-order valence-electron chi connectivity index (χ1n) is 13.7. The van der Waals surface area contributed by atoms with Crippen LogP contribution in [0.15, 0.2) is 36.4 Å². The summed E-state index contributed by atoms with van der Waals surface area (Å²) in [7, 11) is 0. The fourth-order valence-electron chi connectivity index (χ4n) is 6.05. The largest absolute Gasteiger partial charge is 0.394 e. The third kappa shape index (κ3) is 7.23. The Hall–Kier alpha value is -1.50. The van der Waals surface area contributed by atoms with E-state index in [0.717, 1.165) is 57.1 Å². The quantitative estimate of drug-likeness (QED) is 0.288. The summed E-state index contributed by atoms with van der Waals surface area (Å²) in [5.41, 5.74) is 0.554. The summed E-state index contributed by atoms with van der Waals surface area (Å²) in [6, 6.07) is 10.1. The predicted molar refractivity (Wildman–Crippen MR) is 159 cm³/mol. The van der Waals surface area contributed by atoms with Gasteiger partial charge in [-0.15, -0.1) is 0 Å². The molecule has 2 N–H and O–H groups in total. The van der Waals surface area contributed by atoms with Crippen LogP contribution in [0.3, 0.4) is 0 Å². The van der Waals surface area contributed by atoms with Crippen LogP contribution in [0.5, 0.6) is 0 Å². The molecule has 4 rings (SSSR count). The Morgan fingerprint density at radius 3 is 2.28 bits per heavy atom. The minimum Gasteiger partial charge on any atom is -0.394 e. The Labute approximate surface area is 251 Å². The van der Waals surface area contributed by atoms with Gasteiger partial charge in [-0.3, -0.25) is 9.59 Å². The lowest BCUT2D eigenvalue weighted by Crippen LogP contribution is -2.44. The number of aliphatic hydroxyl groups excluding tert-OH is 1. The number of nitrogens with zero attached hydrogens (tertiary/aromatic N) is 1. The van der Waals surface area contributed by atoms with Crippen molar-refractivity contribution >= 4 is 58.2 Å². The molecule has 0 spiro atoms. The van der Waals surface area contributed by atoms with Gasteiger partial charge in [-0.1, -0.05) is 71.4 Å². The summed E-state index contributed by atoms with van der Waals surface area (Å²) >= 11 is 24.8. The molecule has 39 heavy (non-hydrogen) atoms. The molecule has 2 aliphatic rings. The Morgan fingerprint density at radius 2 is 1.69 bits per heavy atom. The zero-order valence-corrected chi connectivity index (χ0v) is 25.2. The van der Waals surface area contributed by atoms with Crippen LogP contribution in [0.25, 0.3) is 0 Å². The highest BCUT2D eigenvalue weighted by molar-refractivity contribution is 6.42. The summed E-state index contributed by atoms with van der Waals surface area (Å²) in [6.45, 7) is 2.54. The van der Waals surface area contributed by atoms with Crippen LogP contribution in [-0.2, 0) is 15.0 Å². The van der Waals surface area contributed by atoms with E-state index in [4.69, 9.17) is 46.4 Å². The summed E-state index contributed by atoms with van der Waals surface area (Å²) in [4.78, 5) is 28.1. The van der Waals surface area contributed by atoms with Crippen molar-refractivity contribution in [3.8, 4) is 0 Å². The van der Waals surface area contributed by atoms with E-state index in [0.29, 0.717) is 56.4 Å². The van der Waals surface area contributed by atoms with Crippen molar-refractivity contribution in [1.82, 2.24) is 10.2 Å². The molecule has 2 atom stereocenters. The molecule has 2 aromatic carbocycles. The highest BCUT2D eigenvalue weighted by Gasteiger charge is 2.37. The van der Waals surface area contributed by atoms with Gasteiger partial charge in [-0.25, -0.2) is 0 Å². The molecule has 1 aliphatic carbocycles. The minimum atomic E-state index is -0.892. The fraction of sp³-hybridized carbons (Fsp3) is 0.533. The predicted octanol–water partition coefficient (Wildman–Crippen LogP) is 7.76. The molecule has 1 saturated heterocycles. The second-order valence-corrected chi connectivity index (χ2v) is 12.7. The van der Waals surface area contributed by atoms with Crippen molar-refractivity contribution < 1.29 is 14.7 Å². The molecule has 0 unspecified atom stereocenters. The summed E-state index contributed by atoms with van der Waals surface area (Å²) in [6.07, 6.45) is 8.49. The molecule has 0 bridgehead atoms. The normalized spacial score (nSPS) is 22.0. The summed E-state index contributed by atoms with van der Waals surface area (Å²) in [5.74, 6) is 0.688. The molecular weight excluding hydrogens is 578 g/mol. The number of amides is 2. The highest BCUT2D eigenvalue weighted by atomic mass is 35.5. The highest BCUT2D eigenvalue weighted by Crippen LogP contribution is 2.38. The molecule has 1 saturated carbocycles. The fourth-order valence-corrected chi connectivity index (χ4v) is 6.66. The number of nitrogens with one attached hydrogen (secondary N) is 1. The molecule has 212 valence electrons. The molecule has 5 nitrogen and oxygen atoms in total. The third-order valence-electron chi connectivity index (χ3n) is 8.55. The van der Waals surface area contributed by atoms with Crippen LogP contribution in [0.1, 0.15) is 81.9 Å². The van der Waals surface area contributed by atoms with Gasteiger partial charge in [0, 0.05) is 19.0 Å². The number of benzene rings is 2. The van der Waals surface area contributed by atoms with E-state index in [2.05, 4.69) is 10.2 Å². The van der Waals surface area contributed by atoms with E-state index >= 15 is 0 Å². The lowest BCUT2D eigenvalue weighted by molar-refractivity contribution is -0.130. The maximum absolute atomic E-state index is 13.9. The van der Waals surface area contributed by atoms with Crippen molar-refractivity contribution in [2.75, 3.05) is 13.2 Å². The monoisotopic (exact) mass is 612 g/mol. The number of carbonyl (C=O) groups is 2. The lowest BCUT2D eigenvalue weighted by atomic mass is 9.75. The zero-order chi connectivity index (χ0) is 28.2. The van der Waals surface area contributed by atoms with E-state index in [1.54, 1.807) is 30.3 Å². The van der Waals surface area contributed by atoms with Gasteiger partial charge < -0.3 is 15.3 Å². The zero-order valence-electron chi connectivity index (χ0n) is 22.2. The number of aliphatic hydroxyl groups is 1. The van der Waals surface area contributed by atoms with Gasteiger partial charge in [0.2, 0.25) is 11.8 Å². The maximum Gasteiger partial charge on any atom is 0.230 e. The van der Waals surface area contributed by atoms with E-state index in [1.807, 2.05) is 13.0 Å². The van der Waals surface area contributed by atoms with Gasteiger partial charge in [-0.2, -0.15) is 0 Å². The average Bonchev–Trinajstić information content (AvgIpc) is 3.36. The minimum absolute atomic E-state index is 0.206. The number of rotatable bonds is 10. The number of likely N-dealkylation sites (tertiary alicyclic amines) is 1. The number of hydrogen-bond acceptors (Lipinski definition) is 3. The molecule has 1 aliphatic heterocycles. The van der Waals surface area contributed by atoms with E-state index < -0.39 is 11.5 Å². The molecule has 2 fully saturated rings. The average molecular weight is 614 g/mol. The van der Waals surface area contributed by atoms with Gasteiger partial charge in [0.25, 0.3) is 0 Å². The van der Waals surface area contributed by atoms with Crippen molar-refractivity contribution in [3.05, 3.63) is 67.6 Å². The van der Waals surface area contributed by atoms with Crippen LogP contribution in [0.4, 0.5) is 0 Å². The van der Waals surface area contributed by atoms with Crippen LogP contribution in [0, 0.1) is 5.92 Å². The van der Waals surface area contributed by atoms with Crippen molar-refractivity contribution in [1.29, 1.82) is 0 Å².